The molecule has 0 aliphatic heterocycles. The summed E-state index contributed by atoms with van der Waals surface area (Å²) >= 11 is 11.0. The molecular weight excluding hydrogens is 211 g/mol. The van der Waals surface area contributed by atoms with E-state index >= 15 is 0 Å². The molecule has 2 N–H and O–H groups in total. The lowest BCUT2D eigenvalue weighted by Gasteiger charge is -2.13. The summed E-state index contributed by atoms with van der Waals surface area (Å²) in [4.78, 5) is -0.937. The van der Waals surface area contributed by atoms with Gasteiger partial charge in [-0.25, -0.2) is 0 Å². The van der Waals surface area contributed by atoms with Crippen molar-refractivity contribution in [1.82, 2.24) is 0 Å². The van der Waals surface area contributed by atoms with Crippen LogP contribution < -0.4 is 0 Å². The van der Waals surface area contributed by atoms with E-state index < -0.39 is 10.9 Å². The SMILES string of the molecule is Cc1ccc(O)c(C(O)C(Cl)Cl)c1. The first-order valence-corrected chi connectivity index (χ1v) is 4.65. The third-order valence-electron chi connectivity index (χ3n) is 1.74. The van der Waals surface area contributed by atoms with Crippen LogP contribution in [0.25, 0.3) is 0 Å². The number of aliphatic hydroxyl groups excluding tert-OH is 1. The van der Waals surface area contributed by atoms with Gasteiger partial charge in [0.1, 0.15) is 16.7 Å². The molecule has 0 radical (unpaired) electrons. The van der Waals surface area contributed by atoms with Crippen LogP contribution in [0, 0.1) is 6.92 Å². The molecule has 4 heteroatoms. The van der Waals surface area contributed by atoms with E-state index in [9.17, 15) is 10.2 Å². The van der Waals surface area contributed by atoms with Gasteiger partial charge in [-0.3, -0.25) is 0 Å². The van der Waals surface area contributed by atoms with Gasteiger partial charge in [0.2, 0.25) is 0 Å². The smallest absolute Gasteiger partial charge is 0.137 e. The van der Waals surface area contributed by atoms with Crippen molar-refractivity contribution in [2.45, 2.75) is 17.9 Å². The minimum atomic E-state index is -1.05. The average Bonchev–Trinajstić information content (AvgIpc) is 2.08. The minimum absolute atomic E-state index is 0.00407. The third-order valence-corrected chi connectivity index (χ3v) is 2.22. The van der Waals surface area contributed by atoms with E-state index in [0.717, 1.165) is 5.56 Å². The summed E-state index contributed by atoms with van der Waals surface area (Å²) in [5, 5.41) is 18.9. The maximum absolute atomic E-state index is 9.48. The molecule has 1 aromatic rings. The average molecular weight is 221 g/mol. The lowest BCUT2D eigenvalue weighted by atomic mass is 10.1. The maximum Gasteiger partial charge on any atom is 0.137 e. The molecule has 0 aliphatic carbocycles. The molecule has 1 atom stereocenters. The van der Waals surface area contributed by atoms with E-state index in [1.165, 1.54) is 6.07 Å². The van der Waals surface area contributed by atoms with Crippen LogP contribution in [0.2, 0.25) is 0 Å². The number of alkyl halides is 2. The lowest BCUT2D eigenvalue weighted by molar-refractivity contribution is 0.188. The number of hydrogen-bond acceptors (Lipinski definition) is 2. The fraction of sp³-hybridized carbons (Fsp3) is 0.333. The molecule has 0 saturated heterocycles. The molecule has 72 valence electrons. The molecule has 0 bridgehead atoms. The van der Waals surface area contributed by atoms with Crippen molar-refractivity contribution in [3.05, 3.63) is 29.3 Å². The van der Waals surface area contributed by atoms with Crippen LogP contribution in [0.3, 0.4) is 0 Å². The second-order valence-corrected chi connectivity index (χ2v) is 4.01. The Labute approximate surface area is 86.7 Å². The van der Waals surface area contributed by atoms with Gasteiger partial charge in [0.25, 0.3) is 0 Å². The Hall–Kier alpha value is -0.440. The summed E-state index contributed by atoms with van der Waals surface area (Å²) in [6.07, 6.45) is -1.05. The molecule has 1 aromatic carbocycles. The van der Waals surface area contributed by atoms with Gasteiger partial charge in [-0.1, -0.05) is 11.6 Å². The van der Waals surface area contributed by atoms with Crippen molar-refractivity contribution in [2.24, 2.45) is 0 Å². The van der Waals surface area contributed by atoms with Gasteiger partial charge >= 0.3 is 0 Å². The number of aromatic hydroxyl groups is 1. The van der Waals surface area contributed by atoms with Gasteiger partial charge in [0.05, 0.1) is 0 Å². The monoisotopic (exact) mass is 220 g/mol. The molecule has 0 heterocycles. The van der Waals surface area contributed by atoms with Crippen LogP contribution in [-0.4, -0.2) is 15.0 Å². The topological polar surface area (TPSA) is 40.5 Å². The second-order valence-electron chi connectivity index (χ2n) is 2.84. The highest BCUT2D eigenvalue weighted by Gasteiger charge is 2.18. The minimum Gasteiger partial charge on any atom is -0.508 e. The number of hydrogen-bond donors (Lipinski definition) is 2. The molecule has 0 spiro atoms. The quantitative estimate of drug-likeness (QED) is 0.753. The zero-order valence-electron chi connectivity index (χ0n) is 7.04. The van der Waals surface area contributed by atoms with Gasteiger partial charge in [-0.15, -0.1) is 23.2 Å². The number of rotatable bonds is 2. The van der Waals surface area contributed by atoms with Crippen LogP contribution in [0.5, 0.6) is 5.75 Å². The molecular formula is C9H10Cl2O2. The van der Waals surface area contributed by atoms with Gasteiger partial charge in [0, 0.05) is 5.56 Å². The highest BCUT2D eigenvalue weighted by molar-refractivity contribution is 6.44. The molecule has 0 amide bonds. The van der Waals surface area contributed by atoms with E-state index in [4.69, 9.17) is 23.2 Å². The number of aliphatic hydroxyl groups is 1. The van der Waals surface area contributed by atoms with Crippen molar-refractivity contribution >= 4 is 23.2 Å². The Morgan fingerprint density at radius 2 is 1.92 bits per heavy atom. The molecule has 1 unspecified atom stereocenters. The first kappa shape index (κ1) is 10.6. The summed E-state index contributed by atoms with van der Waals surface area (Å²) < 4.78 is 0. The third kappa shape index (κ3) is 2.50. The zero-order chi connectivity index (χ0) is 10.0. The van der Waals surface area contributed by atoms with Crippen LogP contribution in [0.1, 0.15) is 17.2 Å². The van der Waals surface area contributed by atoms with Crippen molar-refractivity contribution < 1.29 is 10.2 Å². The summed E-state index contributed by atoms with van der Waals surface area (Å²) in [6, 6.07) is 4.89. The molecule has 13 heavy (non-hydrogen) atoms. The lowest BCUT2D eigenvalue weighted by Crippen LogP contribution is -2.06. The summed E-state index contributed by atoms with van der Waals surface area (Å²) in [5.41, 5.74) is 1.29. The highest BCUT2D eigenvalue weighted by atomic mass is 35.5. The molecule has 0 aromatic heterocycles. The zero-order valence-corrected chi connectivity index (χ0v) is 8.55. The van der Waals surface area contributed by atoms with Gasteiger partial charge in [-0.2, -0.15) is 0 Å². The van der Waals surface area contributed by atoms with E-state index in [1.54, 1.807) is 12.1 Å². The fourth-order valence-corrected chi connectivity index (χ4v) is 1.32. The fourth-order valence-electron chi connectivity index (χ4n) is 1.05. The predicted molar refractivity (Wildman–Crippen MR) is 53.3 cm³/mol. The number of aryl methyl sites for hydroxylation is 1. The summed E-state index contributed by atoms with van der Waals surface area (Å²) in [7, 11) is 0. The largest absolute Gasteiger partial charge is 0.508 e. The van der Waals surface area contributed by atoms with Crippen LogP contribution in [0.15, 0.2) is 18.2 Å². The molecule has 1 rings (SSSR count). The standard InChI is InChI=1S/C9H10Cl2O2/c1-5-2-3-7(12)6(4-5)8(13)9(10)11/h2-4,8-9,12-13H,1H3. The highest BCUT2D eigenvalue weighted by Crippen LogP contribution is 2.30. The Balaban J connectivity index is 3.05. The van der Waals surface area contributed by atoms with Crippen molar-refractivity contribution in [2.75, 3.05) is 0 Å². The second kappa shape index (κ2) is 4.18. The predicted octanol–water partition coefficient (Wildman–Crippen LogP) is 2.54. The Kier molecular flexibility index (Phi) is 3.42. The normalized spacial score (nSPS) is 13.3. The van der Waals surface area contributed by atoms with Gasteiger partial charge in [-0.05, 0) is 19.1 Å². The van der Waals surface area contributed by atoms with E-state index in [0.29, 0.717) is 5.56 Å². The number of phenolic OH excluding ortho intramolecular Hbond substituents is 1. The summed E-state index contributed by atoms with van der Waals surface area (Å²) in [6.45, 7) is 1.85. The van der Waals surface area contributed by atoms with Crippen molar-refractivity contribution in [1.29, 1.82) is 0 Å². The molecule has 0 fully saturated rings. The number of benzene rings is 1. The number of phenols is 1. The molecule has 0 aliphatic rings. The van der Waals surface area contributed by atoms with E-state index in [2.05, 4.69) is 0 Å². The van der Waals surface area contributed by atoms with E-state index in [-0.39, 0.29) is 5.75 Å². The van der Waals surface area contributed by atoms with Crippen LogP contribution in [0.4, 0.5) is 0 Å². The summed E-state index contributed by atoms with van der Waals surface area (Å²) in [5.74, 6) is 0.00407. The van der Waals surface area contributed by atoms with Gasteiger partial charge in [0.15, 0.2) is 0 Å². The Morgan fingerprint density at radius 1 is 1.31 bits per heavy atom. The Morgan fingerprint density at radius 3 is 2.46 bits per heavy atom. The first-order chi connectivity index (χ1) is 6.02. The van der Waals surface area contributed by atoms with Crippen LogP contribution in [-0.2, 0) is 0 Å². The van der Waals surface area contributed by atoms with Gasteiger partial charge < -0.3 is 10.2 Å². The van der Waals surface area contributed by atoms with Crippen molar-refractivity contribution in [3.63, 3.8) is 0 Å². The first-order valence-electron chi connectivity index (χ1n) is 3.78. The molecule has 0 saturated carbocycles. The Bertz CT molecular complexity index is 300. The van der Waals surface area contributed by atoms with Crippen molar-refractivity contribution in [3.8, 4) is 5.75 Å². The van der Waals surface area contributed by atoms with Crippen LogP contribution >= 0.6 is 23.2 Å². The number of halogens is 2. The maximum atomic E-state index is 9.48. The van der Waals surface area contributed by atoms with E-state index in [1.807, 2.05) is 6.92 Å². The molecule has 2 nitrogen and oxygen atoms in total.